The topological polar surface area (TPSA) is 106 Å². The summed E-state index contributed by atoms with van der Waals surface area (Å²) < 4.78 is 28.6. The Morgan fingerprint density at radius 2 is 2.24 bits per heavy atom. The molecule has 21 heavy (non-hydrogen) atoms. The van der Waals surface area contributed by atoms with E-state index < -0.39 is 18.6 Å². The number of rotatable bonds is 5. The highest BCUT2D eigenvalue weighted by atomic mass is 19.3. The molecule has 1 heterocycles. The number of amides is 1. The van der Waals surface area contributed by atoms with E-state index in [9.17, 15) is 13.6 Å². The van der Waals surface area contributed by atoms with Crippen molar-refractivity contribution in [2.24, 2.45) is 0 Å². The third-order valence-electron chi connectivity index (χ3n) is 2.65. The molecule has 1 unspecified atom stereocenters. The lowest BCUT2D eigenvalue weighted by Gasteiger charge is -2.14. The van der Waals surface area contributed by atoms with Gasteiger partial charge in [0.05, 0.1) is 6.04 Å². The van der Waals surface area contributed by atoms with Gasteiger partial charge in [0.15, 0.2) is 0 Å². The molecular weight excluding hydrogens is 284 g/mol. The summed E-state index contributed by atoms with van der Waals surface area (Å²) >= 11 is 0. The van der Waals surface area contributed by atoms with Crippen molar-refractivity contribution in [3.8, 4) is 5.75 Å². The van der Waals surface area contributed by atoms with E-state index in [2.05, 4.69) is 25.2 Å². The van der Waals surface area contributed by atoms with E-state index in [1.165, 1.54) is 12.1 Å². The number of carbonyl (C=O) groups excluding carboxylic acids is 1. The quantitative estimate of drug-likeness (QED) is 0.775. The third-order valence-corrected chi connectivity index (χ3v) is 2.65. The first-order chi connectivity index (χ1) is 9.95. The van der Waals surface area contributed by atoms with Gasteiger partial charge in [0.1, 0.15) is 5.75 Å². The molecule has 0 bridgehead atoms. The molecule has 0 aliphatic rings. The van der Waals surface area contributed by atoms with Gasteiger partial charge in [-0.05, 0) is 24.6 Å². The first kappa shape index (κ1) is 14.7. The van der Waals surface area contributed by atoms with Crippen LogP contribution in [0, 0.1) is 0 Å². The molecule has 9 heteroatoms. The molecule has 0 saturated carbocycles. The average Bonchev–Trinajstić information content (AvgIpc) is 2.85. The zero-order valence-electron chi connectivity index (χ0n) is 11.0. The minimum absolute atomic E-state index is 0.0208. The maximum absolute atomic E-state index is 12.2. The lowest BCUT2D eigenvalue weighted by atomic mass is 10.1. The minimum Gasteiger partial charge on any atom is -0.435 e. The molecular formula is C12H13F2N5O2. The zero-order valence-corrected chi connectivity index (χ0v) is 11.0. The van der Waals surface area contributed by atoms with Gasteiger partial charge in [-0.15, -0.1) is 5.10 Å². The maximum Gasteiger partial charge on any atom is 0.387 e. The van der Waals surface area contributed by atoms with E-state index >= 15 is 0 Å². The molecule has 2 aromatic rings. The molecule has 2 rings (SSSR count). The van der Waals surface area contributed by atoms with Crippen LogP contribution < -0.4 is 15.8 Å². The van der Waals surface area contributed by atoms with E-state index in [0.717, 1.165) is 0 Å². The Kier molecular flexibility index (Phi) is 4.31. The van der Waals surface area contributed by atoms with E-state index in [1.54, 1.807) is 19.1 Å². The summed E-state index contributed by atoms with van der Waals surface area (Å²) in [5.41, 5.74) is 5.91. The Balaban J connectivity index is 2.06. The van der Waals surface area contributed by atoms with Crippen LogP contribution in [0.25, 0.3) is 0 Å². The number of hydrogen-bond acceptors (Lipinski definition) is 5. The van der Waals surface area contributed by atoms with E-state index in [-0.39, 0.29) is 17.5 Å². The second-order valence-corrected chi connectivity index (χ2v) is 4.19. The van der Waals surface area contributed by atoms with Crippen LogP contribution in [0.2, 0.25) is 0 Å². The number of H-pyrrole nitrogens is 1. The molecule has 112 valence electrons. The molecule has 1 amide bonds. The summed E-state index contributed by atoms with van der Waals surface area (Å²) in [5.74, 6) is -0.557. The van der Waals surface area contributed by atoms with Crippen molar-refractivity contribution in [3.05, 3.63) is 35.7 Å². The van der Waals surface area contributed by atoms with Crippen LogP contribution in [-0.2, 0) is 0 Å². The Morgan fingerprint density at radius 1 is 1.48 bits per heavy atom. The lowest BCUT2D eigenvalue weighted by molar-refractivity contribution is -0.0499. The highest BCUT2D eigenvalue weighted by molar-refractivity contribution is 5.90. The van der Waals surface area contributed by atoms with Gasteiger partial charge >= 0.3 is 6.61 Å². The molecule has 0 fully saturated rings. The van der Waals surface area contributed by atoms with Gasteiger partial charge in [-0.1, -0.05) is 12.1 Å². The highest BCUT2D eigenvalue weighted by Gasteiger charge is 2.15. The van der Waals surface area contributed by atoms with Crippen LogP contribution in [0.15, 0.2) is 24.3 Å². The minimum atomic E-state index is -2.90. The summed E-state index contributed by atoms with van der Waals surface area (Å²) in [5, 5.41) is 8.55. The van der Waals surface area contributed by atoms with Gasteiger partial charge in [-0.3, -0.25) is 9.89 Å². The van der Waals surface area contributed by atoms with Crippen LogP contribution in [0.4, 0.5) is 14.7 Å². The smallest absolute Gasteiger partial charge is 0.387 e. The predicted octanol–water partition coefficient (Wildman–Crippen LogP) is 1.48. The molecule has 0 spiro atoms. The van der Waals surface area contributed by atoms with Gasteiger partial charge in [0, 0.05) is 0 Å². The second-order valence-electron chi connectivity index (χ2n) is 4.19. The number of nitrogens with zero attached hydrogens (tertiary/aromatic N) is 2. The molecule has 0 aliphatic heterocycles. The Morgan fingerprint density at radius 3 is 2.86 bits per heavy atom. The lowest BCUT2D eigenvalue weighted by Crippen LogP contribution is -2.27. The molecule has 0 saturated heterocycles. The maximum atomic E-state index is 12.2. The molecule has 7 nitrogen and oxygen atoms in total. The molecule has 0 radical (unpaired) electrons. The third kappa shape index (κ3) is 3.88. The number of nitrogen functional groups attached to an aromatic ring is 1. The SMILES string of the molecule is CC(NC(=O)c1nc(N)n[nH]1)c1cccc(OC(F)F)c1. The molecule has 1 aromatic heterocycles. The standard InChI is InChI=1S/C12H13F2N5O2/c1-6(16-10(20)9-17-12(15)19-18-9)7-3-2-4-8(5-7)21-11(13)14/h2-6,11H,1H3,(H,16,20)(H3,15,17,18,19). The Hall–Kier alpha value is -2.71. The first-order valence-corrected chi connectivity index (χ1v) is 5.99. The van der Waals surface area contributed by atoms with Crippen molar-refractivity contribution < 1.29 is 18.3 Å². The summed E-state index contributed by atoms with van der Waals surface area (Å²) in [6.45, 7) is -1.21. The van der Waals surface area contributed by atoms with Crippen molar-refractivity contribution in [2.75, 3.05) is 5.73 Å². The monoisotopic (exact) mass is 297 g/mol. The fourth-order valence-electron chi connectivity index (χ4n) is 1.68. The van der Waals surface area contributed by atoms with Gasteiger partial charge in [0.25, 0.3) is 5.91 Å². The fourth-order valence-corrected chi connectivity index (χ4v) is 1.68. The summed E-state index contributed by atoms with van der Waals surface area (Å²) in [4.78, 5) is 15.5. The van der Waals surface area contributed by atoms with E-state index in [4.69, 9.17) is 5.73 Å². The van der Waals surface area contributed by atoms with Crippen LogP contribution >= 0.6 is 0 Å². The van der Waals surface area contributed by atoms with Gasteiger partial charge in [-0.2, -0.15) is 13.8 Å². The summed E-state index contributed by atoms with van der Waals surface area (Å²) in [6, 6.07) is 5.62. The number of nitrogens with two attached hydrogens (primary N) is 1. The number of anilines is 1. The Bertz CT molecular complexity index is 632. The number of benzene rings is 1. The van der Waals surface area contributed by atoms with Crippen LogP contribution in [0.5, 0.6) is 5.75 Å². The van der Waals surface area contributed by atoms with Crippen molar-refractivity contribution in [2.45, 2.75) is 19.6 Å². The number of carbonyl (C=O) groups is 1. The molecule has 4 N–H and O–H groups in total. The van der Waals surface area contributed by atoms with E-state index in [1.807, 2.05) is 0 Å². The largest absolute Gasteiger partial charge is 0.435 e. The second kappa shape index (κ2) is 6.16. The summed E-state index contributed by atoms with van der Waals surface area (Å²) in [7, 11) is 0. The van der Waals surface area contributed by atoms with E-state index in [0.29, 0.717) is 5.56 Å². The van der Waals surface area contributed by atoms with Crippen molar-refractivity contribution in [3.63, 3.8) is 0 Å². The first-order valence-electron chi connectivity index (χ1n) is 5.99. The van der Waals surface area contributed by atoms with Crippen molar-refractivity contribution in [1.29, 1.82) is 0 Å². The highest BCUT2D eigenvalue weighted by Crippen LogP contribution is 2.20. The number of aromatic nitrogens is 3. The Labute approximate surface area is 118 Å². The van der Waals surface area contributed by atoms with Crippen LogP contribution in [0.1, 0.15) is 29.1 Å². The molecule has 0 aliphatic carbocycles. The number of aromatic amines is 1. The number of halogens is 2. The van der Waals surface area contributed by atoms with Gasteiger partial charge in [-0.25, -0.2) is 0 Å². The van der Waals surface area contributed by atoms with Gasteiger partial charge in [0.2, 0.25) is 11.8 Å². The van der Waals surface area contributed by atoms with Crippen molar-refractivity contribution in [1.82, 2.24) is 20.5 Å². The number of ether oxygens (including phenoxy) is 1. The van der Waals surface area contributed by atoms with Crippen LogP contribution in [0.3, 0.4) is 0 Å². The predicted molar refractivity (Wildman–Crippen MR) is 69.8 cm³/mol. The average molecular weight is 297 g/mol. The van der Waals surface area contributed by atoms with Gasteiger partial charge < -0.3 is 15.8 Å². The normalized spacial score (nSPS) is 12.2. The number of hydrogen-bond donors (Lipinski definition) is 3. The molecule has 1 aromatic carbocycles. The van der Waals surface area contributed by atoms with Crippen LogP contribution in [-0.4, -0.2) is 27.7 Å². The number of nitrogens with one attached hydrogen (secondary N) is 2. The summed E-state index contributed by atoms with van der Waals surface area (Å²) in [6.07, 6.45) is 0. The molecule has 1 atom stereocenters. The fraction of sp³-hybridized carbons (Fsp3) is 0.250. The van der Waals surface area contributed by atoms with Crippen molar-refractivity contribution >= 4 is 11.9 Å². The number of alkyl halides is 2. The zero-order chi connectivity index (χ0) is 15.4.